The fraction of sp³-hybridized carbons (Fsp3) is 0.400. The van der Waals surface area contributed by atoms with Gasteiger partial charge >= 0.3 is 0 Å². The van der Waals surface area contributed by atoms with Gasteiger partial charge in [0.2, 0.25) is 0 Å². The molecule has 3 heteroatoms. The first-order chi connectivity index (χ1) is 13.7. The van der Waals surface area contributed by atoms with Crippen molar-refractivity contribution in [1.29, 1.82) is 0 Å². The van der Waals surface area contributed by atoms with E-state index in [0.717, 1.165) is 0 Å². The molecule has 5 rings (SSSR count). The van der Waals surface area contributed by atoms with Gasteiger partial charge in [-0.2, -0.15) is 0 Å². The highest BCUT2D eigenvalue weighted by Gasteiger charge is 2.38. The number of hydrogen-bond acceptors (Lipinski definition) is 1. The van der Waals surface area contributed by atoms with E-state index < -0.39 is 0 Å². The van der Waals surface area contributed by atoms with Crippen LogP contribution in [0.3, 0.4) is 0 Å². The van der Waals surface area contributed by atoms with Crippen molar-refractivity contribution in [3.05, 3.63) is 65.4 Å². The van der Waals surface area contributed by atoms with Crippen LogP contribution < -0.4 is 4.90 Å². The van der Waals surface area contributed by atoms with Gasteiger partial charge in [-0.1, -0.05) is 62.6 Å². The van der Waals surface area contributed by atoms with Crippen molar-refractivity contribution < 1.29 is 0 Å². The average Bonchev–Trinajstić information content (AvgIpc) is 3.22. The Morgan fingerprint density at radius 2 is 1.75 bits per heavy atom. The van der Waals surface area contributed by atoms with Crippen LogP contribution in [0.5, 0.6) is 0 Å². The van der Waals surface area contributed by atoms with Crippen LogP contribution in [0.25, 0.3) is 10.9 Å². The first kappa shape index (κ1) is 17.5. The number of anilines is 1. The van der Waals surface area contributed by atoms with Gasteiger partial charge in [-0.25, -0.2) is 0 Å². The predicted octanol–water partition coefficient (Wildman–Crippen LogP) is 6.50. The van der Waals surface area contributed by atoms with Crippen molar-refractivity contribution in [3.63, 3.8) is 0 Å². The Morgan fingerprint density at radius 1 is 1.00 bits per heavy atom. The van der Waals surface area contributed by atoms with Crippen LogP contribution in [0.15, 0.2) is 53.5 Å². The quantitative estimate of drug-likeness (QED) is 0.413. The second kappa shape index (κ2) is 7.12. The van der Waals surface area contributed by atoms with E-state index in [-0.39, 0.29) is 6.04 Å². The topological polar surface area (TPSA) is 31.4 Å². The van der Waals surface area contributed by atoms with E-state index in [1.165, 1.54) is 65.5 Å². The Bertz CT molecular complexity index is 1010. The van der Waals surface area contributed by atoms with Gasteiger partial charge in [-0.3, -0.25) is 4.99 Å². The zero-order valence-electron chi connectivity index (χ0n) is 16.9. The second-order valence-corrected chi connectivity index (χ2v) is 8.47. The molecule has 2 aliphatic rings. The third-order valence-electron chi connectivity index (χ3n) is 6.76. The zero-order chi connectivity index (χ0) is 19.1. The monoisotopic (exact) mass is 371 g/mol. The van der Waals surface area contributed by atoms with Crippen molar-refractivity contribution in [2.45, 2.75) is 64.0 Å². The molecule has 28 heavy (non-hydrogen) atoms. The number of aromatic amines is 1. The highest BCUT2D eigenvalue weighted by atomic mass is 15.2. The lowest BCUT2D eigenvalue weighted by Crippen LogP contribution is -2.27. The van der Waals surface area contributed by atoms with Crippen LogP contribution in [-0.2, 0) is 0 Å². The number of nitrogens with one attached hydrogen (secondary N) is 1. The molecule has 1 aliphatic carbocycles. The summed E-state index contributed by atoms with van der Waals surface area (Å²) in [6.07, 6.45) is 8.62. The van der Waals surface area contributed by atoms with Gasteiger partial charge in [0.1, 0.15) is 0 Å². The normalized spacial score (nSPS) is 23.0. The summed E-state index contributed by atoms with van der Waals surface area (Å²) in [5, 5.41) is 1.32. The summed E-state index contributed by atoms with van der Waals surface area (Å²) < 4.78 is 0. The van der Waals surface area contributed by atoms with Crippen molar-refractivity contribution in [2.24, 2.45) is 4.99 Å². The largest absolute Gasteiger partial charge is 0.356 e. The summed E-state index contributed by atoms with van der Waals surface area (Å²) in [5.74, 6) is 0.417. The Morgan fingerprint density at radius 3 is 2.57 bits per heavy atom. The van der Waals surface area contributed by atoms with E-state index in [0.29, 0.717) is 12.0 Å². The molecule has 1 N–H and O–H groups in total. The minimum absolute atomic E-state index is 0.261. The number of H-pyrrole nitrogens is 1. The number of fused-ring (bicyclic) bond motifs is 2. The molecule has 0 spiro atoms. The van der Waals surface area contributed by atoms with E-state index in [2.05, 4.69) is 78.6 Å². The molecule has 2 unspecified atom stereocenters. The number of nitrogens with zero attached hydrogens (tertiary/aromatic N) is 2. The number of aryl methyl sites for hydroxylation is 1. The first-order valence-corrected chi connectivity index (χ1v) is 10.7. The van der Waals surface area contributed by atoms with Crippen molar-refractivity contribution in [2.75, 3.05) is 4.90 Å². The highest BCUT2D eigenvalue weighted by Crippen LogP contribution is 2.49. The van der Waals surface area contributed by atoms with Crippen molar-refractivity contribution in [1.82, 2.24) is 4.98 Å². The molecule has 2 heterocycles. The van der Waals surface area contributed by atoms with Gasteiger partial charge in [0, 0.05) is 28.2 Å². The molecular weight excluding hydrogens is 342 g/mol. The van der Waals surface area contributed by atoms with Gasteiger partial charge in [-0.15, -0.1) is 0 Å². The standard InChI is InChI=1S/C25H29N3/c1-17-20-12-6-8-14-22(20)27-24(17)25-18(2)21-13-7-9-15-23(21)28(25)16-26-19-10-4-3-5-11-19/h6-9,12-16,18-19,25,27H,3-5,10-11H2,1-2H3. The van der Waals surface area contributed by atoms with Crippen LogP contribution in [0.1, 0.15) is 67.8 Å². The van der Waals surface area contributed by atoms with Gasteiger partial charge < -0.3 is 9.88 Å². The molecule has 2 aromatic carbocycles. The Kier molecular flexibility index (Phi) is 4.46. The minimum atomic E-state index is 0.261. The number of hydrogen-bond donors (Lipinski definition) is 1. The maximum Gasteiger partial charge on any atom is 0.0904 e. The molecule has 3 nitrogen and oxygen atoms in total. The van der Waals surface area contributed by atoms with Crippen LogP contribution in [0, 0.1) is 6.92 Å². The zero-order valence-corrected chi connectivity index (χ0v) is 16.9. The summed E-state index contributed by atoms with van der Waals surface area (Å²) in [7, 11) is 0. The lowest BCUT2D eigenvalue weighted by molar-refractivity contribution is 0.443. The molecule has 0 radical (unpaired) electrons. The van der Waals surface area contributed by atoms with Crippen molar-refractivity contribution >= 4 is 22.9 Å². The maximum atomic E-state index is 5.04. The van der Waals surface area contributed by atoms with E-state index in [1.54, 1.807) is 0 Å². The third kappa shape index (κ3) is 2.85. The molecule has 1 aliphatic heterocycles. The fourth-order valence-corrected chi connectivity index (χ4v) is 5.19. The number of aliphatic imine (C=N–C) groups is 1. The molecule has 0 saturated heterocycles. The van der Waals surface area contributed by atoms with Gasteiger partial charge in [0.25, 0.3) is 0 Å². The van der Waals surface area contributed by atoms with E-state index in [9.17, 15) is 0 Å². The van der Waals surface area contributed by atoms with Gasteiger partial charge in [-0.05, 0) is 43.0 Å². The SMILES string of the molecule is Cc1c(C2C(C)c3ccccc3N2C=NC2CCCCC2)[nH]c2ccccc12. The third-order valence-corrected chi connectivity index (χ3v) is 6.76. The molecule has 1 aromatic heterocycles. The van der Waals surface area contributed by atoms with Crippen LogP contribution >= 0.6 is 0 Å². The highest BCUT2D eigenvalue weighted by molar-refractivity contribution is 5.88. The second-order valence-electron chi connectivity index (χ2n) is 8.47. The number of benzene rings is 2. The van der Waals surface area contributed by atoms with Crippen LogP contribution in [0.2, 0.25) is 0 Å². The molecule has 3 aromatic rings. The lowest BCUT2D eigenvalue weighted by atomic mass is 9.93. The van der Waals surface area contributed by atoms with Crippen LogP contribution in [0.4, 0.5) is 5.69 Å². The van der Waals surface area contributed by atoms with Crippen LogP contribution in [-0.4, -0.2) is 17.4 Å². The van der Waals surface area contributed by atoms with Gasteiger partial charge in [0.15, 0.2) is 0 Å². The van der Waals surface area contributed by atoms with E-state index >= 15 is 0 Å². The molecule has 2 atom stereocenters. The summed E-state index contributed by atoms with van der Waals surface area (Å²) in [4.78, 5) is 11.2. The fourth-order valence-electron chi connectivity index (χ4n) is 5.19. The number of para-hydroxylation sites is 2. The first-order valence-electron chi connectivity index (χ1n) is 10.7. The smallest absolute Gasteiger partial charge is 0.0904 e. The Hall–Kier alpha value is -2.55. The molecule has 0 bridgehead atoms. The predicted molar refractivity (Wildman–Crippen MR) is 118 cm³/mol. The number of rotatable bonds is 3. The van der Waals surface area contributed by atoms with Crippen molar-refractivity contribution in [3.8, 4) is 0 Å². The lowest BCUT2D eigenvalue weighted by Gasteiger charge is -2.27. The van der Waals surface area contributed by atoms with E-state index in [1.807, 2.05) is 0 Å². The summed E-state index contributed by atoms with van der Waals surface area (Å²) >= 11 is 0. The van der Waals surface area contributed by atoms with Gasteiger partial charge in [0.05, 0.1) is 18.4 Å². The summed E-state index contributed by atoms with van der Waals surface area (Å²) in [6.45, 7) is 4.60. The summed E-state index contributed by atoms with van der Waals surface area (Å²) in [5.41, 5.74) is 6.62. The molecule has 1 saturated carbocycles. The maximum absolute atomic E-state index is 5.04. The Labute approximate surface area is 167 Å². The minimum Gasteiger partial charge on any atom is -0.356 e. The summed E-state index contributed by atoms with van der Waals surface area (Å²) in [6, 6.07) is 18.2. The van der Waals surface area contributed by atoms with E-state index in [4.69, 9.17) is 4.99 Å². The molecule has 1 fully saturated rings. The molecule has 144 valence electrons. The molecular formula is C25H29N3. The number of aromatic nitrogens is 1. The Balaban J connectivity index is 1.58. The average molecular weight is 372 g/mol. The molecule has 0 amide bonds.